The van der Waals surface area contributed by atoms with Crippen molar-refractivity contribution in [2.24, 2.45) is 0 Å². The molecule has 0 saturated carbocycles. The van der Waals surface area contributed by atoms with Gasteiger partial charge in [-0.1, -0.05) is 35.9 Å². The van der Waals surface area contributed by atoms with Gasteiger partial charge >= 0.3 is 0 Å². The summed E-state index contributed by atoms with van der Waals surface area (Å²) in [4.78, 5) is 22.7. The van der Waals surface area contributed by atoms with Crippen LogP contribution in [0.4, 0.5) is 11.4 Å². The van der Waals surface area contributed by atoms with Crippen molar-refractivity contribution in [3.05, 3.63) is 59.1 Å². The zero-order chi connectivity index (χ0) is 16.7. The summed E-state index contributed by atoms with van der Waals surface area (Å²) in [5.74, 6) is -0.518. The fourth-order valence-electron chi connectivity index (χ4n) is 1.94. The number of amides is 2. The predicted molar refractivity (Wildman–Crippen MR) is 92.5 cm³/mol. The van der Waals surface area contributed by atoms with Gasteiger partial charge in [0.1, 0.15) is 0 Å². The van der Waals surface area contributed by atoms with E-state index in [0.717, 1.165) is 11.3 Å². The molecule has 0 aromatic heterocycles. The van der Waals surface area contributed by atoms with Gasteiger partial charge in [-0.3, -0.25) is 9.59 Å². The van der Waals surface area contributed by atoms with Crippen molar-refractivity contribution in [3.63, 3.8) is 0 Å². The third-order valence-electron chi connectivity index (χ3n) is 3.10. The largest absolute Gasteiger partial charge is 0.379 e. The maximum atomic E-state index is 11.8. The topological polar surface area (TPSA) is 70.2 Å². The lowest BCUT2D eigenvalue weighted by Crippen LogP contribution is -2.31. The molecule has 0 bridgehead atoms. The van der Waals surface area contributed by atoms with Crippen molar-refractivity contribution in [1.29, 1.82) is 0 Å². The number of para-hydroxylation sites is 2. The number of hydrogen-bond donors (Lipinski definition) is 3. The fourth-order valence-corrected chi connectivity index (χ4v) is 2.07. The summed E-state index contributed by atoms with van der Waals surface area (Å²) in [5.41, 5.74) is 2.55. The fraction of sp³-hybridized carbons (Fsp3) is 0.176. The number of anilines is 2. The van der Waals surface area contributed by atoms with Gasteiger partial charge in [-0.25, -0.2) is 0 Å². The molecule has 0 fully saturated rings. The van der Waals surface area contributed by atoms with Gasteiger partial charge in [0.15, 0.2) is 0 Å². The Hall–Kier alpha value is -2.53. The standard InChI is InChI=1S/C17H18ClN3O2/c1-12(22)19-11-17(23)21-16-5-3-2-4-15(16)20-10-13-6-8-14(18)9-7-13/h2-9,20H,10-11H2,1H3,(H,19,22)(H,21,23). The first-order chi connectivity index (χ1) is 11.0. The van der Waals surface area contributed by atoms with Crippen molar-refractivity contribution < 1.29 is 9.59 Å². The van der Waals surface area contributed by atoms with Gasteiger partial charge in [0, 0.05) is 18.5 Å². The number of hydrogen-bond acceptors (Lipinski definition) is 3. The van der Waals surface area contributed by atoms with E-state index in [2.05, 4.69) is 16.0 Å². The number of carbonyl (C=O) groups is 2. The van der Waals surface area contributed by atoms with Crippen LogP contribution < -0.4 is 16.0 Å². The number of nitrogens with one attached hydrogen (secondary N) is 3. The first kappa shape index (κ1) is 16.8. The third-order valence-corrected chi connectivity index (χ3v) is 3.35. The molecule has 0 spiro atoms. The van der Waals surface area contributed by atoms with E-state index in [4.69, 9.17) is 11.6 Å². The van der Waals surface area contributed by atoms with Crippen LogP contribution in [0.1, 0.15) is 12.5 Å². The molecule has 2 amide bonds. The zero-order valence-electron chi connectivity index (χ0n) is 12.7. The minimum absolute atomic E-state index is 0.0547. The Kier molecular flexibility index (Phi) is 6.00. The maximum absolute atomic E-state index is 11.8. The highest BCUT2D eigenvalue weighted by molar-refractivity contribution is 6.30. The third kappa shape index (κ3) is 5.64. The molecule has 2 aromatic carbocycles. The minimum Gasteiger partial charge on any atom is -0.379 e. The van der Waals surface area contributed by atoms with Crippen LogP contribution in [0.15, 0.2) is 48.5 Å². The molecule has 2 aromatic rings. The molecule has 0 heterocycles. The van der Waals surface area contributed by atoms with E-state index in [1.54, 1.807) is 6.07 Å². The summed E-state index contributed by atoms with van der Waals surface area (Å²) in [7, 11) is 0. The number of halogens is 1. The highest BCUT2D eigenvalue weighted by atomic mass is 35.5. The molecule has 6 heteroatoms. The Morgan fingerprint density at radius 3 is 2.30 bits per heavy atom. The average molecular weight is 332 g/mol. The smallest absolute Gasteiger partial charge is 0.243 e. The van der Waals surface area contributed by atoms with Gasteiger partial charge in [-0.15, -0.1) is 0 Å². The van der Waals surface area contributed by atoms with Crippen LogP contribution in [0, 0.1) is 0 Å². The molecule has 120 valence electrons. The Labute approximate surface area is 140 Å². The van der Waals surface area contributed by atoms with E-state index in [0.29, 0.717) is 17.3 Å². The second-order valence-corrected chi connectivity index (χ2v) is 5.42. The Morgan fingerprint density at radius 1 is 1.00 bits per heavy atom. The van der Waals surface area contributed by atoms with Crippen LogP contribution in [0.2, 0.25) is 5.02 Å². The summed E-state index contributed by atoms with van der Waals surface area (Å²) < 4.78 is 0. The number of rotatable bonds is 6. The normalized spacial score (nSPS) is 10.0. The van der Waals surface area contributed by atoms with Gasteiger partial charge in [0.05, 0.1) is 17.9 Å². The molecule has 0 atom stereocenters. The molecule has 5 nitrogen and oxygen atoms in total. The van der Waals surface area contributed by atoms with Gasteiger partial charge < -0.3 is 16.0 Å². The van der Waals surface area contributed by atoms with Crippen LogP contribution >= 0.6 is 11.6 Å². The molecule has 0 aliphatic rings. The first-order valence-corrected chi connectivity index (χ1v) is 7.54. The molecule has 0 saturated heterocycles. The van der Waals surface area contributed by atoms with Crippen molar-refractivity contribution in [2.75, 3.05) is 17.2 Å². The van der Waals surface area contributed by atoms with E-state index in [9.17, 15) is 9.59 Å². The lowest BCUT2D eigenvalue weighted by atomic mass is 10.2. The number of carbonyl (C=O) groups excluding carboxylic acids is 2. The summed E-state index contributed by atoms with van der Waals surface area (Å²) in [6.07, 6.45) is 0. The van der Waals surface area contributed by atoms with E-state index < -0.39 is 0 Å². The lowest BCUT2D eigenvalue weighted by molar-refractivity contribution is -0.122. The molecule has 3 N–H and O–H groups in total. The van der Waals surface area contributed by atoms with E-state index in [1.807, 2.05) is 42.5 Å². The minimum atomic E-state index is -0.277. The maximum Gasteiger partial charge on any atom is 0.243 e. The van der Waals surface area contributed by atoms with Crippen LogP contribution in [-0.4, -0.2) is 18.4 Å². The van der Waals surface area contributed by atoms with E-state index >= 15 is 0 Å². The molecular weight excluding hydrogens is 314 g/mol. The summed E-state index contributed by atoms with van der Waals surface area (Å²) in [6.45, 7) is 1.92. The highest BCUT2D eigenvalue weighted by Gasteiger charge is 2.07. The van der Waals surface area contributed by atoms with Crippen molar-refractivity contribution in [2.45, 2.75) is 13.5 Å². The molecule has 0 radical (unpaired) electrons. The van der Waals surface area contributed by atoms with Crippen molar-refractivity contribution in [3.8, 4) is 0 Å². The van der Waals surface area contributed by atoms with E-state index in [-0.39, 0.29) is 18.4 Å². The van der Waals surface area contributed by atoms with Crippen LogP contribution in [-0.2, 0) is 16.1 Å². The molecule has 2 rings (SSSR count). The zero-order valence-corrected chi connectivity index (χ0v) is 13.5. The molecule has 0 unspecified atom stereocenters. The summed E-state index contributed by atoms with van der Waals surface area (Å²) in [6, 6.07) is 14.9. The monoisotopic (exact) mass is 331 g/mol. The van der Waals surface area contributed by atoms with Crippen LogP contribution in [0.5, 0.6) is 0 Å². The summed E-state index contributed by atoms with van der Waals surface area (Å²) in [5, 5.41) is 9.21. The highest BCUT2D eigenvalue weighted by Crippen LogP contribution is 2.22. The van der Waals surface area contributed by atoms with Gasteiger partial charge in [-0.05, 0) is 29.8 Å². The van der Waals surface area contributed by atoms with Crippen LogP contribution in [0.3, 0.4) is 0 Å². The Morgan fingerprint density at radius 2 is 1.65 bits per heavy atom. The Balaban J connectivity index is 1.98. The Bertz CT molecular complexity index is 686. The quantitative estimate of drug-likeness (QED) is 0.762. The SMILES string of the molecule is CC(=O)NCC(=O)Nc1ccccc1NCc1ccc(Cl)cc1. The van der Waals surface area contributed by atoms with Gasteiger partial charge in [0.25, 0.3) is 0 Å². The first-order valence-electron chi connectivity index (χ1n) is 7.16. The second-order valence-electron chi connectivity index (χ2n) is 4.98. The molecule has 0 aliphatic carbocycles. The van der Waals surface area contributed by atoms with E-state index in [1.165, 1.54) is 6.92 Å². The molecular formula is C17H18ClN3O2. The van der Waals surface area contributed by atoms with Gasteiger partial charge in [-0.2, -0.15) is 0 Å². The predicted octanol–water partition coefficient (Wildman–Crippen LogP) is 3.03. The summed E-state index contributed by atoms with van der Waals surface area (Å²) >= 11 is 5.87. The average Bonchev–Trinajstić information content (AvgIpc) is 2.53. The van der Waals surface area contributed by atoms with Crippen molar-refractivity contribution in [1.82, 2.24) is 5.32 Å². The lowest BCUT2D eigenvalue weighted by Gasteiger charge is -2.13. The van der Waals surface area contributed by atoms with Gasteiger partial charge in [0.2, 0.25) is 11.8 Å². The molecule has 23 heavy (non-hydrogen) atoms. The van der Waals surface area contributed by atoms with Crippen molar-refractivity contribution >= 4 is 34.8 Å². The van der Waals surface area contributed by atoms with Crippen LogP contribution in [0.25, 0.3) is 0 Å². The second kappa shape index (κ2) is 8.19. The molecule has 0 aliphatic heterocycles. The number of benzene rings is 2.